The first-order valence-electron chi connectivity index (χ1n) is 13.7. The Bertz CT molecular complexity index is 1090. The second kappa shape index (κ2) is 12.4. The molecule has 3 N–H and O–H groups in total. The summed E-state index contributed by atoms with van der Waals surface area (Å²) in [5.74, 6) is -1.25. The van der Waals surface area contributed by atoms with E-state index in [1.807, 2.05) is 0 Å². The summed E-state index contributed by atoms with van der Waals surface area (Å²) >= 11 is 0. The highest BCUT2D eigenvalue weighted by Crippen LogP contribution is 2.36. The van der Waals surface area contributed by atoms with Gasteiger partial charge in [0.25, 0.3) is 5.91 Å². The van der Waals surface area contributed by atoms with E-state index in [0.29, 0.717) is 42.5 Å². The molecule has 13 heteroatoms. The molecule has 2 atom stereocenters. The lowest BCUT2D eigenvalue weighted by Gasteiger charge is -2.36. The van der Waals surface area contributed by atoms with E-state index in [4.69, 9.17) is 0 Å². The normalized spacial score (nSPS) is 24.6. The standard InChI is InChI=1S/C27H34F6N4O3/c28-26(29,30)12-2-5-20(16-6-8-17(9-7-16)34-14-13-27(31,32)33)35-21-4-1-3-18-19(21)15-37(25(18)40)22-10-11-23(38)36-24(22)39/h1,3-4,16-17,20,22,34-35H,2,5-15H2,(H,36,38,39)/t16?,17?,20-,22-/m1/s1. The summed E-state index contributed by atoms with van der Waals surface area (Å²) in [5.41, 5.74) is 1.67. The van der Waals surface area contributed by atoms with Crippen LogP contribution < -0.4 is 16.0 Å². The number of rotatable bonds is 10. The fourth-order valence-electron chi connectivity index (χ4n) is 6.01. The predicted molar refractivity (Wildman–Crippen MR) is 134 cm³/mol. The van der Waals surface area contributed by atoms with E-state index in [2.05, 4.69) is 16.0 Å². The lowest BCUT2D eigenvalue weighted by atomic mass is 9.79. The van der Waals surface area contributed by atoms with Gasteiger partial charge in [0, 0.05) is 54.8 Å². The van der Waals surface area contributed by atoms with Gasteiger partial charge < -0.3 is 15.5 Å². The third-order valence-electron chi connectivity index (χ3n) is 8.08. The SMILES string of the molecule is O=C1CC[C@@H](N2Cc3c(N[C@H](CCCC(F)(F)F)C4CCC(NCCC(F)(F)F)CC4)cccc3C2=O)C(=O)N1. The maximum Gasteiger partial charge on any atom is 0.390 e. The average Bonchev–Trinajstić information content (AvgIpc) is 3.19. The monoisotopic (exact) mass is 576 g/mol. The Kier molecular flexibility index (Phi) is 9.31. The fraction of sp³-hybridized carbons (Fsp3) is 0.667. The Morgan fingerprint density at radius 2 is 1.65 bits per heavy atom. The topological polar surface area (TPSA) is 90.5 Å². The maximum atomic E-state index is 13.2. The molecule has 3 aliphatic rings. The maximum absolute atomic E-state index is 13.2. The highest BCUT2D eigenvalue weighted by Gasteiger charge is 2.40. The molecule has 1 aromatic rings. The van der Waals surface area contributed by atoms with Crippen molar-refractivity contribution in [3.8, 4) is 0 Å². The number of amides is 3. The van der Waals surface area contributed by atoms with Gasteiger partial charge in [-0.3, -0.25) is 19.7 Å². The molecule has 0 aromatic heterocycles. The Morgan fingerprint density at radius 3 is 2.30 bits per heavy atom. The molecule has 0 unspecified atom stereocenters. The highest BCUT2D eigenvalue weighted by atomic mass is 19.4. The molecular weight excluding hydrogens is 542 g/mol. The molecule has 0 bridgehead atoms. The second-order valence-corrected chi connectivity index (χ2v) is 10.9. The van der Waals surface area contributed by atoms with Crippen LogP contribution in [-0.4, -0.2) is 59.6 Å². The molecule has 2 heterocycles. The molecule has 1 aliphatic carbocycles. The number of anilines is 1. The van der Waals surface area contributed by atoms with Gasteiger partial charge in [0.15, 0.2) is 0 Å². The molecule has 0 spiro atoms. The van der Waals surface area contributed by atoms with Crippen LogP contribution in [-0.2, 0) is 16.1 Å². The largest absolute Gasteiger partial charge is 0.390 e. The Balaban J connectivity index is 1.44. The van der Waals surface area contributed by atoms with E-state index in [1.54, 1.807) is 18.2 Å². The number of hydrogen-bond acceptors (Lipinski definition) is 5. The first-order valence-corrected chi connectivity index (χ1v) is 13.7. The number of halogens is 6. The van der Waals surface area contributed by atoms with Crippen LogP contribution in [0.1, 0.15) is 80.1 Å². The van der Waals surface area contributed by atoms with Crippen molar-refractivity contribution in [1.82, 2.24) is 15.5 Å². The van der Waals surface area contributed by atoms with Crippen molar-refractivity contribution < 1.29 is 40.7 Å². The minimum atomic E-state index is -4.28. The summed E-state index contributed by atoms with van der Waals surface area (Å²) in [6.07, 6.45) is -7.33. The summed E-state index contributed by atoms with van der Waals surface area (Å²) in [7, 11) is 0. The number of benzene rings is 1. The number of fused-ring (bicyclic) bond motifs is 1. The fourth-order valence-corrected chi connectivity index (χ4v) is 6.01. The first-order chi connectivity index (χ1) is 18.8. The molecule has 3 amide bonds. The molecule has 4 rings (SSSR count). The third-order valence-corrected chi connectivity index (χ3v) is 8.08. The van der Waals surface area contributed by atoms with Crippen molar-refractivity contribution in [2.75, 3.05) is 11.9 Å². The quantitative estimate of drug-likeness (QED) is 0.268. The number of nitrogens with zero attached hydrogens (tertiary/aromatic N) is 1. The predicted octanol–water partition coefficient (Wildman–Crippen LogP) is 5.06. The molecule has 1 saturated heterocycles. The summed E-state index contributed by atoms with van der Waals surface area (Å²) in [5, 5.41) is 8.61. The van der Waals surface area contributed by atoms with Gasteiger partial charge >= 0.3 is 12.4 Å². The van der Waals surface area contributed by atoms with Gasteiger partial charge in [0.2, 0.25) is 11.8 Å². The van der Waals surface area contributed by atoms with Gasteiger partial charge in [-0.1, -0.05) is 6.07 Å². The number of carbonyl (C=O) groups excluding carboxylic acids is 3. The van der Waals surface area contributed by atoms with Crippen molar-refractivity contribution in [3.63, 3.8) is 0 Å². The zero-order valence-corrected chi connectivity index (χ0v) is 22.0. The van der Waals surface area contributed by atoms with Crippen molar-refractivity contribution >= 4 is 23.4 Å². The van der Waals surface area contributed by atoms with Gasteiger partial charge in [-0.05, 0) is 63.0 Å². The smallest absolute Gasteiger partial charge is 0.382 e. The Labute approximate surface area is 228 Å². The summed E-state index contributed by atoms with van der Waals surface area (Å²) < 4.78 is 76.2. The summed E-state index contributed by atoms with van der Waals surface area (Å²) in [4.78, 5) is 38.5. The van der Waals surface area contributed by atoms with Crippen LogP contribution in [0.4, 0.5) is 32.0 Å². The average molecular weight is 577 g/mol. The molecule has 7 nitrogen and oxygen atoms in total. The molecule has 2 fully saturated rings. The minimum Gasteiger partial charge on any atom is -0.382 e. The number of alkyl halides is 6. The number of imide groups is 1. The van der Waals surface area contributed by atoms with Gasteiger partial charge in [-0.15, -0.1) is 0 Å². The first kappa shape index (κ1) is 30.1. The van der Waals surface area contributed by atoms with Crippen LogP contribution in [0.15, 0.2) is 18.2 Å². The van der Waals surface area contributed by atoms with E-state index in [-0.39, 0.29) is 68.6 Å². The summed E-state index contributed by atoms with van der Waals surface area (Å²) in [6, 6.07) is 3.90. The van der Waals surface area contributed by atoms with Crippen LogP contribution in [0.25, 0.3) is 0 Å². The van der Waals surface area contributed by atoms with Crippen molar-refractivity contribution in [1.29, 1.82) is 0 Å². The van der Waals surface area contributed by atoms with Crippen LogP contribution >= 0.6 is 0 Å². The molecule has 0 radical (unpaired) electrons. The minimum absolute atomic E-state index is 0.00750. The lowest BCUT2D eigenvalue weighted by Crippen LogP contribution is -2.52. The van der Waals surface area contributed by atoms with E-state index in [1.165, 1.54) is 4.90 Å². The van der Waals surface area contributed by atoms with Gasteiger partial charge in [-0.25, -0.2) is 0 Å². The Morgan fingerprint density at radius 1 is 0.950 bits per heavy atom. The molecule has 222 valence electrons. The Hall–Kier alpha value is -2.83. The summed E-state index contributed by atoms with van der Waals surface area (Å²) in [6.45, 7) is -0.0330. The number of piperidine rings is 1. The van der Waals surface area contributed by atoms with Crippen LogP contribution in [0, 0.1) is 5.92 Å². The van der Waals surface area contributed by atoms with E-state index < -0.39 is 37.1 Å². The number of carbonyl (C=O) groups is 3. The van der Waals surface area contributed by atoms with Gasteiger partial charge in [-0.2, -0.15) is 26.3 Å². The van der Waals surface area contributed by atoms with Crippen molar-refractivity contribution in [2.45, 2.75) is 101 Å². The highest BCUT2D eigenvalue weighted by molar-refractivity contribution is 6.06. The van der Waals surface area contributed by atoms with Crippen molar-refractivity contribution in [3.05, 3.63) is 29.3 Å². The zero-order valence-electron chi connectivity index (χ0n) is 22.0. The zero-order chi connectivity index (χ0) is 29.1. The molecular formula is C27H34F6N4O3. The van der Waals surface area contributed by atoms with Gasteiger partial charge in [0.1, 0.15) is 6.04 Å². The molecule has 2 aliphatic heterocycles. The second-order valence-electron chi connectivity index (χ2n) is 10.9. The van der Waals surface area contributed by atoms with E-state index in [9.17, 15) is 40.7 Å². The number of nitrogens with one attached hydrogen (secondary N) is 3. The van der Waals surface area contributed by atoms with Crippen molar-refractivity contribution in [2.24, 2.45) is 5.92 Å². The molecule has 1 aromatic carbocycles. The number of hydrogen-bond donors (Lipinski definition) is 3. The third kappa shape index (κ3) is 7.88. The molecule has 40 heavy (non-hydrogen) atoms. The lowest BCUT2D eigenvalue weighted by molar-refractivity contribution is -0.137. The van der Waals surface area contributed by atoms with Gasteiger partial charge in [0.05, 0.1) is 6.42 Å². The molecule has 1 saturated carbocycles. The van der Waals surface area contributed by atoms with E-state index in [0.717, 1.165) is 0 Å². The van der Waals surface area contributed by atoms with Crippen LogP contribution in [0.3, 0.4) is 0 Å². The van der Waals surface area contributed by atoms with E-state index >= 15 is 0 Å². The van der Waals surface area contributed by atoms with Crippen LogP contribution in [0.2, 0.25) is 0 Å². The van der Waals surface area contributed by atoms with Crippen LogP contribution in [0.5, 0.6) is 0 Å².